The fourth-order valence-corrected chi connectivity index (χ4v) is 2.61. The number of aromatic nitrogens is 4. The van der Waals surface area contributed by atoms with E-state index in [4.69, 9.17) is 4.74 Å². The number of carbonyl (C=O) groups excluding carboxylic acids is 2. The largest absolute Gasteiger partial charge is 0.383 e. The molecule has 24 heavy (non-hydrogen) atoms. The van der Waals surface area contributed by atoms with Crippen LogP contribution in [0.1, 0.15) is 12.0 Å². The number of imide groups is 1. The summed E-state index contributed by atoms with van der Waals surface area (Å²) in [5.74, 6) is -0.140. The van der Waals surface area contributed by atoms with Crippen LogP contribution in [0, 0.1) is 0 Å². The van der Waals surface area contributed by atoms with Gasteiger partial charge in [0, 0.05) is 24.8 Å². The third-order valence-electron chi connectivity index (χ3n) is 3.37. The van der Waals surface area contributed by atoms with E-state index in [9.17, 15) is 9.59 Å². The van der Waals surface area contributed by atoms with Gasteiger partial charge in [0.15, 0.2) is 10.8 Å². The maximum Gasteiger partial charge on any atom is 0.254 e. The van der Waals surface area contributed by atoms with Crippen LogP contribution >= 0.6 is 11.8 Å². The second-order valence-corrected chi connectivity index (χ2v) is 5.79. The van der Waals surface area contributed by atoms with Gasteiger partial charge in [-0.15, -0.1) is 0 Å². The summed E-state index contributed by atoms with van der Waals surface area (Å²) < 4.78 is 6.59. The minimum absolute atomic E-state index is 0.0651. The quantitative estimate of drug-likeness (QED) is 0.333. The number of carbonyl (C=O) groups is 2. The minimum atomic E-state index is -0.378. The Labute approximate surface area is 141 Å². The smallest absolute Gasteiger partial charge is 0.254 e. The molecule has 0 bridgehead atoms. The van der Waals surface area contributed by atoms with E-state index in [2.05, 4.69) is 25.7 Å². The molecule has 9 nitrogen and oxygen atoms in total. The lowest BCUT2D eigenvalue weighted by molar-refractivity contribution is -0.124. The number of hydrogen-bond donors (Lipinski definition) is 2. The van der Waals surface area contributed by atoms with Crippen LogP contribution in [0.3, 0.4) is 0 Å². The highest BCUT2D eigenvalue weighted by Gasteiger charge is 2.24. The van der Waals surface area contributed by atoms with Gasteiger partial charge < -0.3 is 10.1 Å². The average Bonchev–Trinajstić information content (AvgIpc) is 3.11. The molecule has 0 atom stereocenters. The molecule has 3 heterocycles. The molecule has 126 valence electrons. The first kappa shape index (κ1) is 16.4. The molecule has 0 aliphatic carbocycles. The van der Waals surface area contributed by atoms with Gasteiger partial charge in [0.25, 0.3) is 5.91 Å². The number of hydrogen-bond acceptors (Lipinski definition) is 8. The molecule has 0 spiro atoms. The summed E-state index contributed by atoms with van der Waals surface area (Å²) >= 11 is 1.40. The Hall–Kier alpha value is -2.46. The second kappa shape index (κ2) is 6.97. The minimum Gasteiger partial charge on any atom is -0.383 e. The number of fused-ring (bicyclic) bond motifs is 1. The standard InChI is InChI=1S/C14H16N6O3S/c1-23-4-3-15-13-19-14(24-2)18-11-9(7-16-20(11)13)5-8-6-10(21)17-12(8)22/h5,7H,3-4,6H2,1-2H3,(H,15,18,19)(H,17,21,22)/b8-5+. The molecule has 0 saturated carbocycles. The lowest BCUT2D eigenvalue weighted by Crippen LogP contribution is -2.19. The first-order chi connectivity index (χ1) is 11.6. The summed E-state index contributed by atoms with van der Waals surface area (Å²) in [5, 5.41) is 10.3. The van der Waals surface area contributed by atoms with Crippen molar-refractivity contribution < 1.29 is 14.3 Å². The van der Waals surface area contributed by atoms with Gasteiger partial charge in [0.2, 0.25) is 11.9 Å². The van der Waals surface area contributed by atoms with E-state index < -0.39 is 0 Å². The average molecular weight is 348 g/mol. The van der Waals surface area contributed by atoms with Crippen molar-refractivity contribution in [3.05, 3.63) is 17.3 Å². The third-order valence-corrected chi connectivity index (χ3v) is 3.92. The van der Waals surface area contributed by atoms with Crippen molar-refractivity contribution in [2.24, 2.45) is 0 Å². The molecule has 1 aliphatic heterocycles. The topological polar surface area (TPSA) is 111 Å². The monoisotopic (exact) mass is 348 g/mol. The van der Waals surface area contributed by atoms with Crippen LogP contribution in [0.5, 0.6) is 0 Å². The molecule has 0 radical (unpaired) electrons. The predicted molar refractivity (Wildman–Crippen MR) is 88.7 cm³/mol. The number of nitrogens with one attached hydrogen (secondary N) is 2. The molecule has 2 aromatic rings. The molecule has 10 heteroatoms. The van der Waals surface area contributed by atoms with E-state index in [-0.39, 0.29) is 18.2 Å². The van der Waals surface area contributed by atoms with Crippen molar-refractivity contribution in [2.75, 3.05) is 31.8 Å². The Bertz CT molecular complexity index is 831. The van der Waals surface area contributed by atoms with Gasteiger partial charge in [0.1, 0.15) is 0 Å². The Morgan fingerprint density at radius 2 is 2.29 bits per heavy atom. The van der Waals surface area contributed by atoms with Gasteiger partial charge in [-0.1, -0.05) is 11.8 Å². The van der Waals surface area contributed by atoms with Crippen molar-refractivity contribution in [1.82, 2.24) is 24.9 Å². The zero-order chi connectivity index (χ0) is 17.1. The Kier molecular flexibility index (Phi) is 4.76. The molecule has 1 saturated heterocycles. The number of anilines is 1. The lowest BCUT2D eigenvalue weighted by Gasteiger charge is -2.08. The number of nitrogens with zero attached hydrogens (tertiary/aromatic N) is 4. The van der Waals surface area contributed by atoms with E-state index in [1.165, 1.54) is 11.8 Å². The molecule has 2 N–H and O–H groups in total. The van der Waals surface area contributed by atoms with Crippen molar-refractivity contribution in [1.29, 1.82) is 0 Å². The fraction of sp³-hybridized carbons (Fsp3) is 0.357. The number of amides is 2. The van der Waals surface area contributed by atoms with Gasteiger partial charge in [-0.2, -0.15) is 14.6 Å². The van der Waals surface area contributed by atoms with Gasteiger partial charge in [0.05, 0.1) is 19.2 Å². The zero-order valence-electron chi connectivity index (χ0n) is 13.2. The zero-order valence-corrected chi connectivity index (χ0v) is 14.0. The van der Waals surface area contributed by atoms with Gasteiger partial charge in [-0.3, -0.25) is 14.9 Å². The summed E-state index contributed by atoms with van der Waals surface area (Å²) in [7, 11) is 1.62. The van der Waals surface area contributed by atoms with E-state index in [1.807, 2.05) is 6.26 Å². The van der Waals surface area contributed by atoms with Gasteiger partial charge >= 0.3 is 0 Å². The number of thioether (sulfide) groups is 1. The third kappa shape index (κ3) is 3.24. The highest BCUT2D eigenvalue weighted by atomic mass is 32.2. The maximum absolute atomic E-state index is 11.7. The SMILES string of the molecule is COCCNc1nc(SC)nc2c(/C=C3\CC(=O)NC3=O)cnn12. The molecule has 2 aromatic heterocycles. The van der Waals surface area contributed by atoms with Crippen LogP contribution in [0.4, 0.5) is 5.95 Å². The maximum atomic E-state index is 11.7. The number of rotatable bonds is 6. The van der Waals surface area contributed by atoms with Crippen molar-refractivity contribution in [2.45, 2.75) is 11.6 Å². The van der Waals surface area contributed by atoms with Gasteiger partial charge in [-0.05, 0) is 12.3 Å². The molecule has 1 aliphatic rings. The first-order valence-corrected chi connectivity index (χ1v) is 8.42. The van der Waals surface area contributed by atoms with Crippen LogP contribution < -0.4 is 10.6 Å². The molecule has 2 amide bonds. The molecule has 1 fully saturated rings. The normalized spacial score (nSPS) is 16.2. The fourth-order valence-electron chi connectivity index (χ4n) is 2.26. The lowest BCUT2D eigenvalue weighted by atomic mass is 10.1. The predicted octanol–water partition coefficient (Wildman–Crippen LogP) is 0.334. The van der Waals surface area contributed by atoms with Crippen molar-refractivity contribution in [3.63, 3.8) is 0 Å². The summed E-state index contributed by atoms with van der Waals surface area (Å²) in [6.45, 7) is 1.10. The second-order valence-electron chi connectivity index (χ2n) is 5.01. The highest BCUT2D eigenvalue weighted by Crippen LogP contribution is 2.21. The Morgan fingerprint density at radius 1 is 1.46 bits per heavy atom. The molecular formula is C14H16N6O3S. The van der Waals surface area contributed by atoms with Crippen LogP contribution in [-0.2, 0) is 14.3 Å². The van der Waals surface area contributed by atoms with Crippen LogP contribution in [-0.4, -0.2) is 57.9 Å². The van der Waals surface area contributed by atoms with Crippen LogP contribution in [0.2, 0.25) is 0 Å². The number of methoxy groups -OCH3 is 1. The molecule has 0 unspecified atom stereocenters. The first-order valence-electron chi connectivity index (χ1n) is 7.19. The van der Waals surface area contributed by atoms with Crippen LogP contribution in [0.15, 0.2) is 16.9 Å². The van der Waals surface area contributed by atoms with E-state index in [0.717, 1.165) is 0 Å². The van der Waals surface area contributed by atoms with E-state index in [0.29, 0.717) is 41.0 Å². The summed E-state index contributed by atoms with van der Waals surface area (Å²) in [5.41, 5.74) is 1.62. The van der Waals surface area contributed by atoms with E-state index in [1.54, 1.807) is 23.9 Å². The highest BCUT2D eigenvalue weighted by molar-refractivity contribution is 7.98. The molecule has 0 aromatic carbocycles. The summed E-state index contributed by atoms with van der Waals surface area (Å²) in [6.07, 6.45) is 5.18. The molecular weight excluding hydrogens is 332 g/mol. The molecule has 3 rings (SSSR count). The van der Waals surface area contributed by atoms with Crippen LogP contribution in [0.25, 0.3) is 11.7 Å². The number of ether oxygens (including phenoxy) is 1. The van der Waals surface area contributed by atoms with Crippen molar-refractivity contribution >= 4 is 41.2 Å². The van der Waals surface area contributed by atoms with Gasteiger partial charge in [-0.25, -0.2) is 4.98 Å². The Morgan fingerprint density at radius 3 is 2.96 bits per heavy atom. The summed E-state index contributed by atoms with van der Waals surface area (Å²) in [4.78, 5) is 31.9. The van der Waals surface area contributed by atoms with Crippen molar-refractivity contribution in [3.8, 4) is 0 Å². The van der Waals surface area contributed by atoms with E-state index >= 15 is 0 Å². The Balaban J connectivity index is 2.01. The summed E-state index contributed by atoms with van der Waals surface area (Å²) in [6, 6.07) is 0.